The van der Waals surface area contributed by atoms with Gasteiger partial charge in [-0.25, -0.2) is 0 Å². The lowest BCUT2D eigenvalue weighted by atomic mass is 10.2. The van der Waals surface area contributed by atoms with Gasteiger partial charge in [0.15, 0.2) is 0 Å². The van der Waals surface area contributed by atoms with E-state index in [0.29, 0.717) is 19.5 Å². The van der Waals surface area contributed by atoms with Gasteiger partial charge in [0, 0.05) is 38.6 Å². The molecule has 2 amide bonds. The molecular formula is C14H24N4O3. The number of likely N-dealkylation sites (N-methyl/N-ethyl adjacent to an activating group) is 1. The van der Waals surface area contributed by atoms with Crippen molar-refractivity contribution >= 4 is 11.8 Å². The van der Waals surface area contributed by atoms with Crippen LogP contribution in [0.3, 0.4) is 0 Å². The first-order valence-electron chi connectivity index (χ1n) is 6.92. The van der Waals surface area contributed by atoms with Gasteiger partial charge >= 0.3 is 11.8 Å². The highest BCUT2D eigenvalue weighted by molar-refractivity contribution is 6.35. The molecule has 0 saturated carbocycles. The van der Waals surface area contributed by atoms with E-state index in [-0.39, 0.29) is 6.54 Å². The lowest BCUT2D eigenvalue weighted by Gasteiger charge is -2.13. The lowest BCUT2D eigenvalue weighted by molar-refractivity contribution is -0.139. The maximum absolute atomic E-state index is 11.5. The van der Waals surface area contributed by atoms with Gasteiger partial charge in [0.1, 0.15) is 0 Å². The SMILES string of the molecule is CN(C)CCNC(=O)C(=O)NCCC(O)c1cccn1C. The number of aliphatic hydroxyl groups excluding tert-OH is 1. The summed E-state index contributed by atoms with van der Waals surface area (Å²) in [6.45, 7) is 1.34. The Kier molecular flexibility index (Phi) is 6.90. The Balaban J connectivity index is 2.24. The van der Waals surface area contributed by atoms with E-state index in [0.717, 1.165) is 5.69 Å². The molecule has 0 radical (unpaired) electrons. The average Bonchev–Trinajstić information content (AvgIpc) is 2.84. The highest BCUT2D eigenvalue weighted by Gasteiger charge is 2.14. The molecule has 118 valence electrons. The van der Waals surface area contributed by atoms with Crippen molar-refractivity contribution in [3.05, 3.63) is 24.0 Å². The molecule has 1 heterocycles. The van der Waals surface area contributed by atoms with Crippen LogP contribution >= 0.6 is 0 Å². The van der Waals surface area contributed by atoms with Gasteiger partial charge in [0.25, 0.3) is 0 Å². The molecule has 1 unspecified atom stereocenters. The summed E-state index contributed by atoms with van der Waals surface area (Å²) >= 11 is 0. The first-order chi connectivity index (χ1) is 9.91. The predicted octanol–water partition coefficient (Wildman–Crippen LogP) is -0.757. The minimum atomic E-state index is -0.673. The van der Waals surface area contributed by atoms with Crippen molar-refractivity contribution in [2.45, 2.75) is 12.5 Å². The summed E-state index contributed by atoms with van der Waals surface area (Å²) in [4.78, 5) is 24.9. The smallest absolute Gasteiger partial charge is 0.309 e. The maximum atomic E-state index is 11.5. The van der Waals surface area contributed by atoms with Crippen LogP contribution in [-0.4, -0.2) is 60.1 Å². The molecule has 0 aliphatic carbocycles. The molecule has 1 aromatic heterocycles. The second kappa shape index (κ2) is 8.43. The molecule has 0 saturated heterocycles. The normalized spacial score (nSPS) is 12.2. The molecule has 0 fully saturated rings. The van der Waals surface area contributed by atoms with Crippen molar-refractivity contribution in [1.29, 1.82) is 0 Å². The number of aromatic nitrogens is 1. The van der Waals surface area contributed by atoms with Crippen LogP contribution in [0.15, 0.2) is 18.3 Å². The summed E-state index contributed by atoms with van der Waals surface area (Å²) in [5.41, 5.74) is 0.777. The summed E-state index contributed by atoms with van der Waals surface area (Å²) < 4.78 is 1.82. The highest BCUT2D eigenvalue weighted by atomic mass is 16.3. The van der Waals surface area contributed by atoms with Crippen LogP contribution in [0.25, 0.3) is 0 Å². The van der Waals surface area contributed by atoms with Gasteiger partial charge in [-0.1, -0.05) is 0 Å². The van der Waals surface area contributed by atoms with Crippen LogP contribution < -0.4 is 10.6 Å². The van der Waals surface area contributed by atoms with Crippen molar-refractivity contribution in [1.82, 2.24) is 20.1 Å². The van der Waals surface area contributed by atoms with Crippen LogP contribution in [0.4, 0.5) is 0 Å². The number of carbonyl (C=O) groups excluding carboxylic acids is 2. The number of carbonyl (C=O) groups is 2. The standard InChI is InChI=1S/C14H24N4O3/c1-17(2)10-8-16-14(21)13(20)15-7-6-12(19)11-5-4-9-18(11)3/h4-5,9,12,19H,6-8,10H2,1-3H3,(H,15,20)(H,16,21). The van der Waals surface area contributed by atoms with Crippen LogP contribution in [0.1, 0.15) is 18.2 Å². The van der Waals surface area contributed by atoms with E-state index in [1.807, 2.05) is 48.9 Å². The van der Waals surface area contributed by atoms with Crippen molar-refractivity contribution < 1.29 is 14.7 Å². The Labute approximate surface area is 124 Å². The number of rotatable bonds is 7. The van der Waals surface area contributed by atoms with E-state index in [9.17, 15) is 14.7 Å². The molecule has 21 heavy (non-hydrogen) atoms. The van der Waals surface area contributed by atoms with Crippen molar-refractivity contribution in [3.8, 4) is 0 Å². The molecule has 1 atom stereocenters. The van der Waals surface area contributed by atoms with Crippen molar-refractivity contribution in [2.24, 2.45) is 7.05 Å². The molecule has 1 aromatic rings. The molecule has 0 spiro atoms. The lowest BCUT2D eigenvalue weighted by Crippen LogP contribution is -2.42. The molecule has 0 aliphatic rings. The van der Waals surface area contributed by atoms with E-state index in [2.05, 4.69) is 10.6 Å². The first-order valence-corrected chi connectivity index (χ1v) is 6.92. The fourth-order valence-corrected chi connectivity index (χ4v) is 1.84. The van der Waals surface area contributed by atoms with Gasteiger partial charge in [-0.3, -0.25) is 9.59 Å². The van der Waals surface area contributed by atoms with Gasteiger partial charge in [0.05, 0.1) is 6.10 Å². The Morgan fingerprint density at radius 1 is 1.29 bits per heavy atom. The molecule has 7 nitrogen and oxygen atoms in total. The van der Waals surface area contributed by atoms with Crippen molar-refractivity contribution in [2.75, 3.05) is 33.7 Å². The average molecular weight is 296 g/mol. The second-order valence-corrected chi connectivity index (χ2v) is 5.16. The van der Waals surface area contributed by atoms with E-state index >= 15 is 0 Å². The monoisotopic (exact) mass is 296 g/mol. The number of aryl methyl sites for hydroxylation is 1. The van der Waals surface area contributed by atoms with Gasteiger partial charge in [-0.05, 0) is 32.6 Å². The van der Waals surface area contributed by atoms with Crippen LogP contribution in [0.2, 0.25) is 0 Å². The van der Waals surface area contributed by atoms with Crippen LogP contribution in [0.5, 0.6) is 0 Å². The van der Waals surface area contributed by atoms with E-state index < -0.39 is 17.9 Å². The Hall–Kier alpha value is -1.86. The molecule has 0 aromatic carbocycles. The van der Waals surface area contributed by atoms with Crippen LogP contribution in [-0.2, 0) is 16.6 Å². The summed E-state index contributed by atoms with van der Waals surface area (Å²) in [5.74, 6) is -1.32. The first kappa shape index (κ1) is 17.2. The molecule has 0 aliphatic heterocycles. The summed E-state index contributed by atoms with van der Waals surface area (Å²) in [6, 6.07) is 3.66. The number of nitrogens with zero attached hydrogens (tertiary/aromatic N) is 2. The zero-order chi connectivity index (χ0) is 15.8. The summed E-state index contributed by atoms with van der Waals surface area (Å²) in [7, 11) is 5.61. The Morgan fingerprint density at radius 2 is 1.90 bits per heavy atom. The van der Waals surface area contributed by atoms with Crippen molar-refractivity contribution in [3.63, 3.8) is 0 Å². The third-order valence-corrected chi connectivity index (χ3v) is 3.08. The number of amides is 2. The largest absolute Gasteiger partial charge is 0.387 e. The van der Waals surface area contributed by atoms with Gasteiger partial charge in [0.2, 0.25) is 0 Å². The summed E-state index contributed by atoms with van der Waals surface area (Å²) in [5, 5.41) is 15.0. The summed E-state index contributed by atoms with van der Waals surface area (Å²) in [6.07, 6.45) is 1.53. The van der Waals surface area contributed by atoms with E-state index in [1.54, 1.807) is 0 Å². The molecule has 3 N–H and O–H groups in total. The second-order valence-electron chi connectivity index (χ2n) is 5.16. The Morgan fingerprint density at radius 3 is 2.43 bits per heavy atom. The predicted molar refractivity (Wildman–Crippen MR) is 79.6 cm³/mol. The number of aliphatic hydroxyl groups is 1. The van der Waals surface area contributed by atoms with E-state index in [1.165, 1.54) is 0 Å². The third kappa shape index (κ3) is 5.97. The topological polar surface area (TPSA) is 86.6 Å². The molecular weight excluding hydrogens is 272 g/mol. The van der Waals surface area contributed by atoms with Gasteiger partial charge < -0.3 is 25.2 Å². The molecule has 0 bridgehead atoms. The minimum Gasteiger partial charge on any atom is -0.387 e. The van der Waals surface area contributed by atoms with E-state index in [4.69, 9.17) is 0 Å². The molecule has 7 heteroatoms. The quantitative estimate of drug-likeness (QED) is 0.578. The fraction of sp³-hybridized carbons (Fsp3) is 0.571. The van der Waals surface area contributed by atoms with Crippen LogP contribution in [0, 0.1) is 0 Å². The highest BCUT2D eigenvalue weighted by Crippen LogP contribution is 2.15. The fourth-order valence-electron chi connectivity index (χ4n) is 1.84. The Bertz CT molecular complexity index is 471. The number of nitrogens with one attached hydrogen (secondary N) is 2. The zero-order valence-electron chi connectivity index (χ0n) is 12.8. The number of hydrogen-bond donors (Lipinski definition) is 3. The minimum absolute atomic E-state index is 0.242. The molecule has 1 rings (SSSR count). The van der Waals surface area contributed by atoms with Gasteiger partial charge in [-0.2, -0.15) is 0 Å². The number of hydrogen-bond acceptors (Lipinski definition) is 4. The third-order valence-electron chi connectivity index (χ3n) is 3.08. The zero-order valence-corrected chi connectivity index (χ0v) is 12.8. The maximum Gasteiger partial charge on any atom is 0.309 e. The van der Waals surface area contributed by atoms with Gasteiger partial charge in [-0.15, -0.1) is 0 Å².